The van der Waals surface area contributed by atoms with Crippen molar-refractivity contribution in [1.82, 2.24) is 4.98 Å². The average Bonchev–Trinajstić information content (AvgIpc) is 2.19. The molecule has 0 radical (unpaired) electrons. The monoisotopic (exact) mass is 189 g/mol. The van der Waals surface area contributed by atoms with Crippen LogP contribution >= 0.6 is 0 Å². The molecule has 1 unspecified atom stereocenters. The zero-order valence-corrected chi connectivity index (χ0v) is 8.62. The average molecular weight is 189 g/mol. The fourth-order valence-corrected chi connectivity index (χ4v) is 1.26. The minimum atomic E-state index is -0.821. The van der Waals surface area contributed by atoms with E-state index < -0.39 is 5.60 Å². The fraction of sp³-hybridized carbons (Fsp3) is 0.417. The number of pyridine rings is 1. The second-order valence-electron chi connectivity index (χ2n) is 3.44. The highest BCUT2D eigenvalue weighted by Crippen LogP contribution is 2.24. The summed E-state index contributed by atoms with van der Waals surface area (Å²) < 4.78 is 0. The third kappa shape index (κ3) is 2.86. The van der Waals surface area contributed by atoms with Gasteiger partial charge in [0.15, 0.2) is 0 Å². The van der Waals surface area contributed by atoms with Crippen LogP contribution in [0, 0.1) is 11.8 Å². The van der Waals surface area contributed by atoms with Crippen molar-refractivity contribution in [2.75, 3.05) is 0 Å². The topological polar surface area (TPSA) is 33.1 Å². The first-order chi connectivity index (χ1) is 6.67. The number of hydrogen-bond acceptors (Lipinski definition) is 2. The molecule has 0 bridgehead atoms. The van der Waals surface area contributed by atoms with Gasteiger partial charge in [-0.15, -0.1) is 11.8 Å². The molecular formula is C12H15NO. The van der Waals surface area contributed by atoms with E-state index in [4.69, 9.17) is 0 Å². The van der Waals surface area contributed by atoms with Crippen molar-refractivity contribution in [2.45, 2.75) is 32.3 Å². The van der Waals surface area contributed by atoms with E-state index in [2.05, 4.69) is 16.8 Å². The van der Waals surface area contributed by atoms with E-state index in [1.807, 2.05) is 12.1 Å². The van der Waals surface area contributed by atoms with Crippen LogP contribution in [0.5, 0.6) is 0 Å². The van der Waals surface area contributed by atoms with Gasteiger partial charge in [0.25, 0.3) is 0 Å². The summed E-state index contributed by atoms with van der Waals surface area (Å²) in [6, 6.07) is 3.71. The zero-order chi connectivity index (χ0) is 10.4. The lowest BCUT2D eigenvalue weighted by Crippen LogP contribution is -2.20. The normalized spacial score (nSPS) is 13.9. The molecule has 0 aliphatic carbocycles. The van der Waals surface area contributed by atoms with Crippen molar-refractivity contribution in [2.24, 2.45) is 0 Å². The summed E-state index contributed by atoms with van der Waals surface area (Å²) in [5.74, 6) is 5.76. The summed E-state index contributed by atoms with van der Waals surface area (Å²) >= 11 is 0. The van der Waals surface area contributed by atoms with Crippen molar-refractivity contribution < 1.29 is 5.11 Å². The molecule has 0 aromatic carbocycles. The summed E-state index contributed by atoms with van der Waals surface area (Å²) in [6.45, 7) is 3.60. The van der Waals surface area contributed by atoms with Crippen LogP contribution in [0.4, 0.5) is 0 Å². The molecule has 1 aromatic heterocycles. The van der Waals surface area contributed by atoms with Gasteiger partial charge in [0.05, 0.1) is 5.60 Å². The van der Waals surface area contributed by atoms with Crippen LogP contribution in [0.3, 0.4) is 0 Å². The highest BCUT2D eigenvalue weighted by molar-refractivity contribution is 5.17. The van der Waals surface area contributed by atoms with Crippen molar-refractivity contribution in [3.8, 4) is 11.8 Å². The van der Waals surface area contributed by atoms with Gasteiger partial charge < -0.3 is 5.11 Å². The first-order valence-electron chi connectivity index (χ1n) is 4.69. The Morgan fingerprint density at radius 1 is 1.57 bits per heavy atom. The molecule has 2 nitrogen and oxygen atoms in total. The van der Waals surface area contributed by atoms with Gasteiger partial charge in [0.1, 0.15) is 0 Å². The van der Waals surface area contributed by atoms with Crippen molar-refractivity contribution >= 4 is 0 Å². The van der Waals surface area contributed by atoms with Crippen LogP contribution < -0.4 is 0 Å². The molecule has 0 aliphatic heterocycles. The molecule has 14 heavy (non-hydrogen) atoms. The Balaban J connectivity index is 2.68. The fourth-order valence-electron chi connectivity index (χ4n) is 1.26. The summed E-state index contributed by atoms with van der Waals surface area (Å²) in [6.07, 6.45) is 4.74. The highest BCUT2D eigenvalue weighted by atomic mass is 16.3. The number of aliphatic hydroxyl groups is 1. The maximum Gasteiger partial charge on any atom is 0.0892 e. The van der Waals surface area contributed by atoms with Gasteiger partial charge in [-0.1, -0.05) is 6.07 Å². The molecule has 0 saturated carbocycles. The summed E-state index contributed by atoms with van der Waals surface area (Å²) in [5, 5.41) is 10.1. The molecule has 0 amide bonds. The predicted octanol–water partition coefficient (Wildman–Crippen LogP) is 2.09. The number of aromatic nitrogens is 1. The summed E-state index contributed by atoms with van der Waals surface area (Å²) in [7, 11) is 0. The lowest BCUT2D eigenvalue weighted by atomic mass is 9.93. The van der Waals surface area contributed by atoms with Gasteiger partial charge in [-0.25, -0.2) is 0 Å². The molecule has 0 saturated heterocycles. The molecule has 1 N–H and O–H groups in total. The first kappa shape index (κ1) is 10.7. The lowest BCUT2D eigenvalue weighted by Gasteiger charge is -2.22. The minimum Gasteiger partial charge on any atom is -0.385 e. The molecule has 2 heteroatoms. The zero-order valence-electron chi connectivity index (χ0n) is 8.62. The van der Waals surface area contributed by atoms with E-state index in [0.29, 0.717) is 12.8 Å². The van der Waals surface area contributed by atoms with Crippen molar-refractivity contribution in [3.63, 3.8) is 0 Å². The molecular weight excluding hydrogens is 174 g/mol. The van der Waals surface area contributed by atoms with Crippen LogP contribution in [0.15, 0.2) is 24.5 Å². The van der Waals surface area contributed by atoms with Gasteiger partial charge in [-0.3, -0.25) is 4.98 Å². The Morgan fingerprint density at radius 2 is 2.36 bits per heavy atom. The van der Waals surface area contributed by atoms with Gasteiger partial charge in [0.2, 0.25) is 0 Å². The van der Waals surface area contributed by atoms with Crippen LogP contribution in [0.1, 0.15) is 32.3 Å². The number of rotatable bonds is 3. The Hall–Kier alpha value is -1.33. The van der Waals surface area contributed by atoms with Crippen LogP contribution in [0.25, 0.3) is 0 Å². The quantitative estimate of drug-likeness (QED) is 0.738. The third-order valence-corrected chi connectivity index (χ3v) is 2.20. The minimum absolute atomic E-state index is 0.638. The predicted molar refractivity (Wildman–Crippen MR) is 56.5 cm³/mol. The second kappa shape index (κ2) is 4.78. The van der Waals surface area contributed by atoms with Gasteiger partial charge in [-0.05, 0) is 26.3 Å². The molecule has 0 spiro atoms. The largest absolute Gasteiger partial charge is 0.385 e. The smallest absolute Gasteiger partial charge is 0.0892 e. The lowest BCUT2D eigenvalue weighted by molar-refractivity contribution is 0.0490. The van der Waals surface area contributed by atoms with Crippen molar-refractivity contribution in [3.05, 3.63) is 30.1 Å². The van der Waals surface area contributed by atoms with E-state index in [-0.39, 0.29) is 0 Å². The molecule has 74 valence electrons. The van der Waals surface area contributed by atoms with E-state index in [9.17, 15) is 5.11 Å². The molecule has 1 heterocycles. The molecule has 1 aromatic rings. The maximum atomic E-state index is 10.1. The maximum absolute atomic E-state index is 10.1. The van der Waals surface area contributed by atoms with E-state index in [0.717, 1.165) is 5.56 Å². The highest BCUT2D eigenvalue weighted by Gasteiger charge is 2.21. The molecule has 1 atom stereocenters. The van der Waals surface area contributed by atoms with Crippen LogP contribution in [-0.4, -0.2) is 10.1 Å². The Bertz CT molecular complexity index is 332. The van der Waals surface area contributed by atoms with E-state index in [1.165, 1.54) is 0 Å². The first-order valence-corrected chi connectivity index (χ1v) is 4.69. The number of nitrogens with zero attached hydrogens (tertiary/aromatic N) is 1. The Labute approximate surface area is 85.0 Å². The van der Waals surface area contributed by atoms with Crippen LogP contribution in [0.2, 0.25) is 0 Å². The molecule has 0 aliphatic rings. The second-order valence-corrected chi connectivity index (χ2v) is 3.44. The third-order valence-electron chi connectivity index (χ3n) is 2.20. The van der Waals surface area contributed by atoms with Crippen molar-refractivity contribution in [1.29, 1.82) is 0 Å². The standard InChI is InChI=1S/C12H15NO/c1-3-4-5-8-12(2,14)11-7-6-9-13-10-11/h6-7,9-10,14H,5,8H2,1-2H3. The summed E-state index contributed by atoms with van der Waals surface area (Å²) in [5.41, 5.74) is 0.0240. The Kier molecular flexibility index (Phi) is 3.67. The number of hydrogen-bond donors (Lipinski definition) is 1. The summed E-state index contributed by atoms with van der Waals surface area (Å²) in [4.78, 5) is 3.98. The van der Waals surface area contributed by atoms with E-state index >= 15 is 0 Å². The van der Waals surface area contributed by atoms with Gasteiger partial charge in [-0.2, -0.15) is 0 Å². The van der Waals surface area contributed by atoms with E-state index in [1.54, 1.807) is 26.2 Å². The molecule has 0 fully saturated rings. The Morgan fingerprint density at radius 3 is 2.93 bits per heavy atom. The van der Waals surface area contributed by atoms with Gasteiger partial charge in [0, 0.05) is 24.4 Å². The van der Waals surface area contributed by atoms with Gasteiger partial charge >= 0.3 is 0 Å². The van der Waals surface area contributed by atoms with Crippen LogP contribution in [-0.2, 0) is 5.60 Å². The SMILES string of the molecule is CC#CCCC(C)(O)c1cccnc1. The molecule has 1 rings (SSSR count).